The third kappa shape index (κ3) is 6.89. The minimum atomic E-state index is -4.45. The van der Waals surface area contributed by atoms with Crippen LogP contribution in [0.4, 0.5) is 26.0 Å². The van der Waals surface area contributed by atoms with Gasteiger partial charge in [0.15, 0.2) is 4.90 Å². The van der Waals surface area contributed by atoms with E-state index in [9.17, 15) is 17.2 Å². The normalized spacial score (nSPS) is 14.1. The van der Waals surface area contributed by atoms with Crippen molar-refractivity contribution in [2.24, 2.45) is 0 Å². The highest BCUT2D eigenvalue weighted by Gasteiger charge is 2.23. The number of benzene rings is 3. The number of anilines is 3. The van der Waals surface area contributed by atoms with Crippen LogP contribution >= 0.6 is 0 Å². The Morgan fingerprint density at radius 1 is 0.900 bits per heavy atom. The molecule has 208 valence electrons. The van der Waals surface area contributed by atoms with E-state index in [1.807, 2.05) is 24.3 Å². The zero-order chi connectivity index (χ0) is 28.0. The first kappa shape index (κ1) is 27.4. The van der Waals surface area contributed by atoms with E-state index < -0.39 is 26.6 Å². The molecule has 5 rings (SSSR count). The van der Waals surface area contributed by atoms with E-state index in [2.05, 4.69) is 24.9 Å². The number of hydrogen-bond acceptors (Lipinski definition) is 8. The zero-order valence-electron chi connectivity index (χ0n) is 21.4. The van der Waals surface area contributed by atoms with Crippen LogP contribution in [0.5, 0.6) is 5.75 Å². The third-order valence-electron chi connectivity index (χ3n) is 6.19. The molecule has 4 aromatic rings. The van der Waals surface area contributed by atoms with Gasteiger partial charge in [0.2, 0.25) is 0 Å². The molecule has 2 heterocycles. The fraction of sp³-hybridized carbons (Fsp3) is 0.214. The van der Waals surface area contributed by atoms with Crippen LogP contribution in [0.25, 0.3) is 11.3 Å². The Bertz CT molecular complexity index is 1530. The summed E-state index contributed by atoms with van der Waals surface area (Å²) >= 11 is 0. The number of halogens is 2. The van der Waals surface area contributed by atoms with Gasteiger partial charge in [0, 0.05) is 42.6 Å². The van der Waals surface area contributed by atoms with E-state index in [1.165, 1.54) is 18.5 Å². The van der Waals surface area contributed by atoms with Crippen LogP contribution in [-0.4, -0.2) is 62.7 Å². The Morgan fingerprint density at radius 2 is 1.57 bits per heavy atom. The molecule has 3 aromatic carbocycles. The lowest BCUT2D eigenvalue weighted by atomic mass is 10.1. The lowest BCUT2D eigenvalue weighted by Crippen LogP contribution is -2.38. The fourth-order valence-electron chi connectivity index (χ4n) is 4.14. The van der Waals surface area contributed by atoms with Crippen LogP contribution in [0.1, 0.15) is 0 Å². The second-order valence-electron chi connectivity index (χ2n) is 8.97. The summed E-state index contributed by atoms with van der Waals surface area (Å²) < 4.78 is 66.3. The molecule has 0 atom stereocenters. The average Bonchev–Trinajstić information content (AvgIpc) is 2.95. The van der Waals surface area contributed by atoms with Crippen molar-refractivity contribution in [1.29, 1.82) is 0 Å². The SMILES string of the molecule is O=S(=O)(Nc1ccc(Nc2cc(-c3ccc(OCCN4CCOCC4)cc3)ncn2)cc1)c1c(F)cccc1F. The quantitative estimate of drug-likeness (QED) is 0.285. The molecule has 9 nitrogen and oxygen atoms in total. The molecular weight excluding hydrogens is 540 g/mol. The molecule has 0 unspecified atom stereocenters. The lowest BCUT2D eigenvalue weighted by Gasteiger charge is -2.26. The number of morpholine rings is 1. The molecule has 2 N–H and O–H groups in total. The Balaban J connectivity index is 1.19. The summed E-state index contributed by atoms with van der Waals surface area (Å²) in [5.74, 6) is -1.04. The molecule has 1 aromatic heterocycles. The summed E-state index contributed by atoms with van der Waals surface area (Å²) in [6.07, 6.45) is 1.44. The fourth-order valence-corrected chi connectivity index (χ4v) is 5.34. The van der Waals surface area contributed by atoms with Crippen LogP contribution in [0, 0.1) is 11.6 Å². The number of ether oxygens (including phenoxy) is 2. The van der Waals surface area contributed by atoms with Crippen LogP contribution in [0.3, 0.4) is 0 Å². The first-order valence-electron chi connectivity index (χ1n) is 12.6. The molecule has 40 heavy (non-hydrogen) atoms. The van der Waals surface area contributed by atoms with Crippen LogP contribution in [0.2, 0.25) is 0 Å². The summed E-state index contributed by atoms with van der Waals surface area (Å²) in [6, 6.07) is 18.5. The summed E-state index contributed by atoms with van der Waals surface area (Å²) in [4.78, 5) is 9.88. The Kier molecular flexibility index (Phi) is 8.48. The number of nitrogens with one attached hydrogen (secondary N) is 2. The molecule has 0 spiro atoms. The van der Waals surface area contributed by atoms with Gasteiger partial charge in [-0.1, -0.05) is 6.07 Å². The standard InChI is InChI=1S/C28H27F2N5O4S/c29-24-2-1-3-25(30)28(24)40(36,37)34-22-8-6-21(7-9-22)33-27-18-26(31-19-32-27)20-4-10-23(11-5-20)39-17-14-35-12-15-38-16-13-35/h1-11,18-19,34H,12-17H2,(H,31,32,33). The van der Waals surface area contributed by atoms with Gasteiger partial charge in [0.25, 0.3) is 10.0 Å². The molecular formula is C28H27F2N5O4S. The summed E-state index contributed by atoms with van der Waals surface area (Å²) in [5, 5.41) is 3.14. The number of nitrogens with zero attached hydrogens (tertiary/aromatic N) is 3. The smallest absolute Gasteiger partial charge is 0.267 e. The minimum absolute atomic E-state index is 0.142. The summed E-state index contributed by atoms with van der Waals surface area (Å²) in [5.41, 5.74) is 2.35. The van der Waals surface area contributed by atoms with Gasteiger partial charge in [-0.15, -0.1) is 0 Å². The molecule has 1 aliphatic rings. The highest BCUT2D eigenvalue weighted by molar-refractivity contribution is 7.92. The Labute approximate surface area is 230 Å². The molecule has 0 aliphatic carbocycles. The van der Waals surface area contributed by atoms with Crippen molar-refractivity contribution in [3.8, 4) is 17.0 Å². The van der Waals surface area contributed by atoms with Gasteiger partial charge >= 0.3 is 0 Å². The van der Waals surface area contributed by atoms with Crippen LogP contribution in [-0.2, 0) is 14.8 Å². The maximum atomic E-state index is 14.0. The molecule has 1 fully saturated rings. The van der Waals surface area contributed by atoms with Gasteiger partial charge in [-0.25, -0.2) is 27.2 Å². The second kappa shape index (κ2) is 12.4. The maximum absolute atomic E-state index is 14.0. The average molecular weight is 568 g/mol. The van der Waals surface area contributed by atoms with Gasteiger partial charge in [-0.2, -0.15) is 0 Å². The van der Waals surface area contributed by atoms with Crippen molar-refractivity contribution in [2.45, 2.75) is 4.90 Å². The van der Waals surface area contributed by atoms with E-state index in [1.54, 1.807) is 18.2 Å². The van der Waals surface area contributed by atoms with Gasteiger partial charge < -0.3 is 14.8 Å². The summed E-state index contributed by atoms with van der Waals surface area (Å²) in [7, 11) is -4.45. The topological polar surface area (TPSA) is 106 Å². The second-order valence-corrected chi connectivity index (χ2v) is 10.6. The van der Waals surface area contributed by atoms with E-state index in [0.29, 0.717) is 23.8 Å². The number of hydrogen-bond donors (Lipinski definition) is 2. The molecule has 0 amide bonds. The lowest BCUT2D eigenvalue weighted by molar-refractivity contribution is 0.0322. The number of aromatic nitrogens is 2. The molecule has 0 bridgehead atoms. The largest absolute Gasteiger partial charge is 0.492 e. The minimum Gasteiger partial charge on any atom is -0.492 e. The maximum Gasteiger partial charge on any atom is 0.267 e. The Hall–Kier alpha value is -4.13. The van der Waals surface area contributed by atoms with Crippen molar-refractivity contribution < 1.29 is 26.7 Å². The Morgan fingerprint density at radius 3 is 2.27 bits per heavy atom. The third-order valence-corrected chi connectivity index (χ3v) is 7.63. The van der Waals surface area contributed by atoms with Crippen molar-refractivity contribution >= 4 is 27.2 Å². The first-order valence-corrected chi connectivity index (χ1v) is 14.0. The predicted octanol–water partition coefficient (Wildman–Crippen LogP) is 4.68. The van der Waals surface area contributed by atoms with Crippen LogP contribution < -0.4 is 14.8 Å². The molecule has 1 aliphatic heterocycles. The monoisotopic (exact) mass is 567 g/mol. The predicted molar refractivity (Wildman–Crippen MR) is 147 cm³/mol. The molecule has 12 heteroatoms. The van der Waals surface area contributed by atoms with E-state index in [4.69, 9.17) is 9.47 Å². The van der Waals surface area contributed by atoms with Crippen molar-refractivity contribution in [1.82, 2.24) is 14.9 Å². The number of sulfonamides is 1. The van der Waals surface area contributed by atoms with Gasteiger partial charge in [0.1, 0.15) is 36.1 Å². The van der Waals surface area contributed by atoms with Crippen molar-refractivity contribution in [3.63, 3.8) is 0 Å². The van der Waals surface area contributed by atoms with Gasteiger partial charge in [-0.3, -0.25) is 9.62 Å². The highest BCUT2D eigenvalue weighted by atomic mass is 32.2. The van der Waals surface area contributed by atoms with Crippen molar-refractivity contribution in [2.75, 3.05) is 49.5 Å². The highest BCUT2D eigenvalue weighted by Crippen LogP contribution is 2.26. The molecule has 0 saturated carbocycles. The van der Waals surface area contributed by atoms with Gasteiger partial charge in [0.05, 0.1) is 18.9 Å². The molecule has 1 saturated heterocycles. The van der Waals surface area contributed by atoms with E-state index >= 15 is 0 Å². The zero-order valence-corrected chi connectivity index (χ0v) is 22.2. The van der Waals surface area contributed by atoms with Crippen LogP contribution in [0.15, 0.2) is 84.0 Å². The van der Waals surface area contributed by atoms with E-state index in [-0.39, 0.29) is 5.69 Å². The van der Waals surface area contributed by atoms with E-state index in [0.717, 1.165) is 62.4 Å². The van der Waals surface area contributed by atoms with Gasteiger partial charge in [-0.05, 0) is 60.7 Å². The van der Waals surface area contributed by atoms with Crippen molar-refractivity contribution in [3.05, 3.63) is 90.8 Å². The first-order chi connectivity index (χ1) is 19.4. The molecule has 0 radical (unpaired) electrons. The number of rotatable bonds is 10. The summed E-state index contributed by atoms with van der Waals surface area (Å²) in [6.45, 7) is 4.82.